The highest BCUT2D eigenvalue weighted by atomic mass is 32.1. The van der Waals surface area contributed by atoms with Gasteiger partial charge in [0.15, 0.2) is 0 Å². The predicted octanol–water partition coefficient (Wildman–Crippen LogP) is 1.84. The van der Waals surface area contributed by atoms with E-state index in [1.807, 2.05) is 6.92 Å². The third-order valence-corrected chi connectivity index (χ3v) is 3.95. The number of hydrogen-bond donors (Lipinski definition) is 1. The van der Waals surface area contributed by atoms with E-state index in [1.54, 1.807) is 11.3 Å². The summed E-state index contributed by atoms with van der Waals surface area (Å²) in [4.78, 5) is 5.66. The minimum absolute atomic E-state index is 0.0227. The summed E-state index contributed by atoms with van der Waals surface area (Å²) in [6, 6.07) is 0. The second-order valence-electron chi connectivity index (χ2n) is 4.07. The molecule has 1 aliphatic heterocycles. The molecule has 1 N–H and O–H groups in total. The third-order valence-electron chi connectivity index (χ3n) is 2.85. The van der Waals surface area contributed by atoms with Crippen molar-refractivity contribution in [2.45, 2.75) is 45.3 Å². The van der Waals surface area contributed by atoms with Gasteiger partial charge in [-0.15, -0.1) is 11.3 Å². The first-order valence-corrected chi connectivity index (χ1v) is 6.21. The van der Waals surface area contributed by atoms with Gasteiger partial charge in [0.1, 0.15) is 0 Å². The van der Waals surface area contributed by atoms with Crippen molar-refractivity contribution in [2.24, 2.45) is 0 Å². The Labute approximate surface area is 94.1 Å². The number of thiazole rings is 1. The molecule has 2 atom stereocenters. The molecule has 1 aromatic heterocycles. The van der Waals surface area contributed by atoms with E-state index in [4.69, 9.17) is 4.74 Å². The molecule has 2 unspecified atom stereocenters. The van der Waals surface area contributed by atoms with Crippen LogP contribution in [-0.2, 0) is 11.2 Å². The van der Waals surface area contributed by atoms with Gasteiger partial charge in [-0.2, -0.15) is 0 Å². The van der Waals surface area contributed by atoms with E-state index in [9.17, 15) is 5.11 Å². The van der Waals surface area contributed by atoms with Gasteiger partial charge in [-0.25, -0.2) is 4.98 Å². The third kappa shape index (κ3) is 2.56. The van der Waals surface area contributed by atoms with Gasteiger partial charge < -0.3 is 9.84 Å². The maximum absolute atomic E-state index is 9.94. The number of nitrogens with zero attached hydrogens (tertiary/aromatic N) is 1. The summed E-state index contributed by atoms with van der Waals surface area (Å²) in [7, 11) is 0. The monoisotopic (exact) mass is 227 g/mol. The predicted molar refractivity (Wildman–Crippen MR) is 60.3 cm³/mol. The summed E-state index contributed by atoms with van der Waals surface area (Å²) >= 11 is 1.67. The summed E-state index contributed by atoms with van der Waals surface area (Å²) in [6.07, 6.45) is 2.30. The fourth-order valence-corrected chi connectivity index (χ4v) is 2.83. The van der Waals surface area contributed by atoms with Gasteiger partial charge in [-0.3, -0.25) is 0 Å². The van der Waals surface area contributed by atoms with E-state index < -0.39 is 6.10 Å². The van der Waals surface area contributed by atoms with Gasteiger partial charge in [0.05, 0.1) is 22.9 Å². The molecule has 15 heavy (non-hydrogen) atoms. The number of aromatic nitrogens is 1. The second-order valence-corrected chi connectivity index (χ2v) is 5.36. The van der Waals surface area contributed by atoms with Crippen molar-refractivity contribution in [1.29, 1.82) is 0 Å². The molecule has 0 aliphatic carbocycles. The van der Waals surface area contributed by atoms with Crippen molar-refractivity contribution in [3.63, 3.8) is 0 Å². The van der Waals surface area contributed by atoms with Crippen LogP contribution in [0.1, 0.15) is 28.4 Å². The van der Waals surface area contributed by atoms with Crippen LogP contribution in [0.3, 0.4) is 0 Å². The first-order valence-electron chi connectivity index (χ1n) is 5.39. The lowest BCUT2D eigenvalue weighted by molar-refractivity contribution is -0.000799. The van der Waals surface area contributed by atoms with Gasteiger partial charge in [-0.05, 0) is 26.7 Å². The Bertz CT molecular complexity index is 312. The molecule has 0 amide bonds. The lowest BCUT2D eigenvalue weighted by atomic mass is 10.1. The summed E-state index contributed by atoms with van der Waals surface area (Å²) < 4.78 is 5.45. The SMILES string of the molecule is Cc1nc(CC(O)C2CCCO2)sc1C. The summed E-state index contributed by atoms with van der Waals surface area (Å²) in [5.41, 5.74) is 1.08. The lowest BCUT2D eigenvalue weighted by Crippen LogP contribution is -2.27. The molecular weight excluding hydrogens is 210 g/mol. The van der Waals surface area contributed by atoms with Crippen LogP contribution >= 0.6 is 11.3 Å². The molecule has 1 fully saturated rings. The zero-order chi connectivity index (χ0) is 10.8. The average Bonchev–Trinajstić information content (AvgIpc) is 2.77. The number of ether oxygens (including phenoxy) is 1. The van der Waals surface area contributed by atoms with Crippen LogP contribution in [0.15, 0.2) is 0 Å². The van der Waals surface area contributed by atoms with E-state index >= 15 is 0 Å². The topological polar surface area (TPSA) is 42.4 Å². The molecule has 1 aromatic rings. The highest BCUT2D eigenvalue weighted by Gasteiger charge is 2.25. The number of rotatable bonds is 3. The molecule has 0 bridgehead atoms. The Morgan fingerprint density at radius 1 is 1.60 bits per heavy atom. The second kappa shape index (κ2) is 4.60. The summed E-state index contributed by atoms with van der Waals surface area (Å²) in [5, 5.41) is 11.0. The smallest absolute Gasteiger partial charge is 0.0957 e. The molecular formula is C11H17NO2S. The quantitative estimate of drug-likeness (QED) is 0.856. The largest absolute Gasteiger partial charge is 0.390 e. The molecule has 2 heterocycles. The molecule has 4 heteroatoms. The normalized spacial score (nSPS) is 23.3. The Morgan fingerprint density at radius 2 is 2.40 bits per heavy atom. The standard InChI is InChI=1S/C11H17NO2S/c1-7-8(2)15-11(12-7)6-9(13)10-4-3-5-14-10/h9-10,13H,3-6H2,1-2H3. The van der Waals surface area contributed by atoms with Gasteiger partial charge in [0, 0.05) is 17.9 Å². The van der Waals surface area contributed by atoms with E-state index in [0.717, 1.165) is 30.2 Å². The molecule has 0 saturated carbocycles. The molecule has 3 nitrogen and oxygen atoms in total. The van der Waals surface area contributed by atoms with Crippen LogP contribution in [0.4, 0.5) is 0 Å². The zero-order valence-electron chi connectivity index (χ0n) is 9.19. The van der Waals surface area contributed by atoms with Crippen molar-refractivity contribution in [3.8, 4) is 0 Å². The Balaban J connectivity index is 1.95. The summed E-state index contributed by atoms with van der Waals surface area (Å²) in [5.74, 6) is 0. The molecule has 1 saturated heterocycles. The molecule has 0 aromatic carbocycles. The van der Waals surface area contributed by atoms with E-state index in [1.165, 1.54) is 4.88 Å². The van der Waals surface area contributed by atoms with Crippen LogP contribution in [0, 0.1) is 13.8 Å². The molecule has 0 spiro atoms. The van der Waals surface area contributed by atoms with Gasteiger partial charge in [0.2, 0.25) is 0 Å². The zero-order valence-corrected chi connectivity index (χ0v) is 10.0. The first kappa shape index (κ1) is 11.0. The van der Waals surface area contributed by atoms with E-state index in [2.05, 4.69) is 11.9 Å². The number of aliphatic hydroxyl groups is 1. The van der Waals surface area contributed by atoms with Crippen molar-refractivity contribution >= 4 is 11.3 Å². The minimum atomic E-state index is -0.391. The van der Waals surface area contributed by atoms with E-state index in [-0.39, 0.29) is 6.10 Å². The van der Waals surface area contributed by atoms with Gasteiger partial charge in [-0.1, -0.05) is 0 Å². The molecule has 0 radical (unpaired) electrons. The minimum Gasteiger partial charge on any atom is -0.390 e. The Kier molecular flexibility index (Phi) is 3.38. The Hall–Kier alpha value is -0.450. The number of aryl methyl sites for hydroxylation is 2. The van der Waals surface area contributed by atoms with Crippen molar-refractivity contribution in [2.75, 3.05) is 6.61 Å². The summed E-state index contributed by atoms with van der Waals surface area (Å²) in [6.45, 7) is 4.86. The average molecular weight is 227 g/mol. The van der Waals surface area contributed by atoms with Crippen LogP contribution in [0.25, 0.3) is 0 Å². The first-order chi connectivity index (χ1) is 7.16. The van der Waals surface area contributed by atoms with Crippen LogP contribution < -0.4 is 0 Å². The van der Waals surface area contributed by atoms with Crippen LogP contribution in [0.5, 0.6) is 0 Å². The fourth-order valence-electron chi connectivity index (χ4n) is 1.84. The lowest BCUT2D eigenvalue weighted by Gasteiger charge is -2.15. The van der Waals surface area contributed by atoms with Crippen molar-refractivity contribution in [1.82, 2.24) is 4.98 Å². The maximum atomic E-state index is 9.94. The van der Waals surface area contributed by atoms with Crippen molar-refractivity contribution in [3.05, 3.63) is 15.6 Å². The van der Waals surface area contributed by atoms with Crippen LogP contribution in [-0.4, -0.2) is 28.9 Å². The molecule has 2 rings (SSSR count). The van der Waals surface area contributed by atoms with E-state index in [0.29, 0.717) is 6.42 Å². The number of hydrogen-bond acceptors (Lipinski definition) is 4. The van der Waals surface area contributed by atoms with Gasteiger partial charge >= 0.3 is 0 Å². The maximum Gasteiger partial charge on any atom is 0.0957 e. The van der Waals surface area contributed by atoms with Crippen molar-refractivity contribution < 1.29 is 9.84 Å². The fraction of sp³-hybridized carbons (Fsp3) is 0.727. The van der Waals surface area contributed by atoms with Crippen LogP contribution in [0.2, 0.25) is 0 Å². The molecule has 84 valence electrons. The highest BCUT2D eigenvalue weighted by Crippen LogP contribution is 2.22. The number of aliphatic hydroxyl groups excluding tert-OH is 1. The highest BCUT2D eigenvalue weighted by molar-refractivity contribution is 7.11. The van der Waals surface area contributed by atoms with Gasteiger partial charge in [0.25, 0.3) is 0 Å². The Morgan fingerprint density at radius 3 is 2.93 bits per heavy atom. The molecule has 1 aliphatic rings.